The summed E-state index contributed by atoms with van der Waals surface area (Å²) < 4.78 is 19.2. The molecule has 0 amide bonds. The number of rotatable bonds is 2. The summed E-state index contributed by atoms with van der Waals surface area (Å²) in [7, 11) is 1.20. The third-order valence-corrected chi connectivity index (χ3v) is 2.47. The van der Waals surface area contributed by atoms with Crippen LogP contribution in [0.15, 0.2) is 24.4 Å². The van der Waals surface area contributed by atoms with Crippen molar-refractivity contribution in [1.82, 2.24) is 9.78 Å². The molecule has 1 aromatic carbocycles. The summed E-state index contributed by atoms with van der Waals surface area (Å²) in [6.45, 7) is 0. The van der Waals surface area contributed by atoms with Crippen LogP contribution in [-0.2, 0) is 4.74 Å². The minimum atomic E-state index is -0.703. The highest BCUT2D eigenvalue weighted by molar-refractivity contribution is 5.92. The molecule has 0 fully saturated rings. The first-order valence-electron chi connectivity index (χ1n) is 5.21. The van der Waals surface area contributed by atoms with Crippen molar-refractivity contribution in [2.45, 2.75) is 0 Å². The second-order valence-electron chi connectivity index (χ2n) is 3.61. The Balaban J connectivity index is 2.59. The lowest BCUT2D eigenvalue weighted by Crippen LogP contribution is -2.06. The smallest absolute Gasteiger partial charge is 0.360 e. The molecule has 0 aliphatic carbocycles. The molecule has 1 heterocycles. The summed E-state index contributed by atoms with van der Waals surface area (Å²) in [5, 5.41) is 12.8. The Kier molecular flexibility index (Phi) is 3.16. The molecule has 0 radical (unpaired) electrons. The SMILES string of the molecule is COC(=O)c1nn(-c2cccc(F)c2C#N)cc1N. The van der Waals surface area contributed by atoms with Crippen molar-refractivity contribution in [3.8, 4) is 11.8 Å². The van der Waals surface area contributed by atoms with Gasteiger partial charge in [-0.15, -0.1) is 0 Å². The number of benzene rings is 1. The summed E-state index contributed by atoms with van der Waals surface area (Å²) in [5.41, 5.74) is 5.64. The number of carbonyl (C=O) groups excluding carboxylic acids is 1. The molecule has 0 spiro atoms. The summed E-state index contributed by atoms with van der Waals surface area (Å²) in [6.07, 6.45) is 1.32. The first kappa shape index (κ1) is 12.6. The number of nitrogen functional groups attached to an aromatic ring is 1. The average Bonchev–Trinajstić information content (AvgIpc) is 2.79. The van der Waals surface area contributed by atoms with Gasteiger partial charge in [0, 0.05) is 0 Å². The highest BCUT2D eigenvalue weighted by Gasteiger charge is 2.18. The largest absolute Gasteiger partial charge is 0.464 e. The predicted molar refractivity (Wildman–Crippen MR) is 64.0 cm³/mol. The zero-order valence-corrected chi connectivity index (χ0v) is 9.92. The molecule has 0 unspecified atom stereocenters. The van der Waals surface area contributed by atoms with Crippen molar-refractivity contribution in [2.75, 3.05) is 12.8 Å². The van der Waals surface area contributed by atoms with Gasteiger partial charge in [-0.1, -0.05) is 6.07 Å². The lowest BCUT2D eigenvalue weighted by molar-refractivity contribution is 0.0594. The highest BCUT2D eigenvalue weighted by Crippen LogP contribution is 2.19. The Bertz CT molecular complexity index is 688. The van der Waals surface area contributed by atoms with Crippen LogP contribution < -0.4 is 5.73 Å². The third kappa shape index (κ3) is 2.11. The summed E-state index contributed by atoms with van der Waals surface area (Å²) in [6, 6.07) is 5.83. The minimum Gasteiger partial charge on any atom is -0.464 e. The van der Waals surface area contributed by atoms with E-state index >= 15 is 0 Å². The van der Waals surface area contributed by atoms with Gasteiger partial charge in [0.05, 0.1) is 24.7 Å². The molecule has 0 saturated carbocycles. The number of anilines is 1. The summed E-state index contributed by atoms with van der Waals surface area (Å²) in [4.78, 5) is 11.4. The zero-order valence-electron chi connectivity index (χ0n) is 9.92. The molecule has 0 saturated heterocycles. The van der Waals surface area contributed by atoms with Crippen LogP contribution in [0, 0.1) is 17.1 Å². The minimum absolute atomic E-state index is 0.0833. The Morgan fingerprint density at radius 3 is 2.95 bits per heavy atom. The van der Waals surface area contributed by atoms with Crippen LogP contribution in [0.5, 0.6) is 0 Å². The number of hydrogen-bond acceptors (Lipinski definition) is 5. The van der Waals surface area contributed by atoms with Crippen molar-refractivity contribution in [3.05, 3.63) is 41.5 Å². The number of halogens is 1. The lowest BCUT2D eigenvalue weighted by Gasteiger charge is -2.03. The molecule has 0 aliphatic rings. The van der Waals surface area contributed by atoms with E-state index in [-0.39, 0.29) is 22.6 Å². The van der Waals surface area contributed by atoms with Crippen LogP contribution in [0.25, 0.3) is 5.69 Å². The van der Waals surface area contributed by atoms with E-state index in [0.29, 0.717) is 0 Å². The number of ether oxygens (including phenoxy) is 1. The van der Waals surface area contributed by atoms with E-state index in [0.717, 1.165) is 6.07 Å². The molecule has 96 valence electrons. The zero-order chi connectivity index (χ0) is 14.0. The maximum Gasteiger partial charge on any atom is 0.360 e. The maximum absolute atomic E-state index is 13.5. The molecule has 6 nitrogen and oxygen atoms in total. The van der Waals surface area contributed by atoms with Crippen molar-refractivity contribution in [3.63, 3.8) is 0 Å². The number of esters is 1. The second kappa shape index (κ2) is 4.78. The van der Waals surface area contributed by atoms with Crippen LogP contribution >= 0.6 is 0 Å². The summed E-state index contributed by atoms with van der Waals surface area (Å²) >= 11 is 0. The average molecular weight is 260 g/mol. The van der Waals surface area contributed by atoms with Gasteiger partial charge in [0.2, 0.25) is 0 Å². The molecular weight excluding hydrogens is 251 g/mol. The van der Waals surface area contributed by atoms with Crippen molar-refractivity contribution >= 4 is 11.7 Å². The molecule has 0 bridgehead atoms. The van der Waals surface area contributed by atoms with Crippen LogP contribution in [0.3, 0.4) is 0 Å². The van der Waals surface area contributed by atoms with Crippen molar-refractivity contribution < 1.29 is 13.9 Å². The highest BCUT2D eigenvalue weighted by atomic mass is 19.1. The Hall–Kier alpha value is -2.88. The molecule has 2 N–H and O–H groups in total. The fraction of sp³-hybridized carbons (Fsp3) is 0.0833. The van der Waals surface area contributed by atoms with Gasteiger partial charge in [-0.3, -0.25) is 0 Å². The van der Waals surface area contributed by atoms with E-state index in [2.05, 4.69) is 9.84 Å². The van der Waals surface area contributed by atoms with Crippen molar-refractivity contribution in [1.29, 1.82) is 5.26 Å². The Morgan fingerprint density at radius 1 is 1.58 bits per heavy atom. The number of aromatic nitrogens is 2. The van der Waals surface area contributed by atoms with E-state index in [1.807, 2.05) is 0 Å². The third-order valence-electron chi connectivity index (χ3n) is 2.47. The quantitative estimate of drug-likeness (QED) is 0.820. The van der Waals surface area contributed by atoms with Crippen LogP contribution in [0.1, 0.15) is 16.1 Å². The number of carbonyl (C=O) groups is 1. The topological polar surface area (TPSA) is 93.9 Å². The van der Waals surface area contributed by atoms with Gasteiger partial charge in [0.25, 0.3) is 0 Å². The summed E-state index contributed by atoms with van der Waals surface area (Å²) in [5.74, 6) is -1.38. The second-order valence-corrected chi connectivity index (χ2v) is 3.61. The van der Waals surface area contributed by atoms with E-state index in [1.54, 1.807) is 6.07 Å². The maximum atomic E-state index is 13.5. The van der Waals surface area contributed by atoms with Gasteiger partial charge in [0.15, 0.2) is 5.69 Å². The van der Waals surface area contributed by atoms with Gasteiger partial charge in [-0.25, -0.2) is 13.9 Å². The van der Waals surface area contributed by atoms with Gasteiger partial charge in [-0.2, -0.15) is 10.4 Å². The van der Waals surface area contributed by atoms with E-state index < -0.39 is 11.8 Å². The first-order valence-corrected chi connectivity index (χ1v) is 5.21. The molecule has 0 aliphatic heterocycles. The molecule has 2 aromatic rings. The number of nitriles is 1. The van der Waals surface area contributed by atoms with Gasteiger partial charge in [0.1, 0.15) is 17.4 Å². The molecule has 7 heteroatoms. The number of nitrogens with zero attached hydrogens (tertiary/aromatic N) is 3. The number of nitrogens with two attached hydrogens (primary N) is 1. The van der Waals surface area contributed by atoms with Crippen LogP contribution in [-0.4, -0.2) is 22.9 Å². The first-order chi connectivity index (χ1) is 9.08. The monoisotopic (exact) mass is 260 g/mol. The van der Waals surface area contributed by atoms with E-state index in [4.69, 9.17) is 11.0 Å². The van der Waals surface area contributed by atoms with Crippen LogP contribution in [0.4, 0.5) is 10.1 Å². The molecule has 2 rings (SSSR count). The number of methoxy groups -OCH3 is 1. The van der Waals surface area contributed by atoms with Gasteiger partial charge < -0.3 is 10.5 Å². The molecule has 19 heavy (non-hydrogen) atoms. The number of hydrogen-bond donors (Lipinski definition) is 1. The fourth-order valence-electron chi connectivity index (χ4n) is 1.58. The Labute approximate surface area is 107 Å². The molecular formula is C12H9FN4O2. The van der Waals surface area contributed by atoms with Gasteiger partial charge in [-0.05, 0) is 12.1 Å². The predicted octanol–water partition coefficient (Wildman–Crippen LogP) is 1.25. The molecule has 1 aromatic heterocycles. The Morgan fingerprint density at radius 2 is 2.32 bits per heavy atom. The fourth-order valence-corrected chi connectivity index (χ4v) is 1.58. The normalized spacial score (nSPS) is 9.95. The molecule has 0 atom stereocenters. The van der Waals surface area contributed by atoms with E-state index in [9.17, 15) is 9.18 Å². The van der Waals surface area contributed by atoms with E-state index in [1.165, 1.54) is 30.1 Å². The van der Waals surface area contributed by atoms with Crippen molar-refractivity contribution in [2.24, 2.45) is 0 Å². The lowest BCUT2D eigenvalue weighted by atomic mass is 10.2. The standard InChI is InChI=1S/C12H9FN4O2/c1-19-12(18)11-9(15)6-17(16-11)10-4-2-3-8(13)7(10)5-14/h2-4,6H,15H2,1H3. The van der Waals surface area contributed by atoms with Gasteiger partial charge >= 0.3 is 5.97 Å². The van der Waals surface area contributed by atoms with Crippen LogP contribution in [0.2, 0.25) is 0 Å².